The van der Waals surface area contributed by atoms with Crippen molar-refractivity contribution >= 4 is 21.7 Å². The van der Waals surface area contributed by atoms with Crippen molar-refractivity contribution in [3.8, 4) is 0 Å². The van der Waals surface area contributed by atoms with Crippen LogP contribution in [-0.4, -0.2) is 10.1 Å². The van der Waals surface area contributed by atoms with Gasteiger partial charge in [-0.1, -0.05) is 5.16 Å². The fourth-order valence-corrected chi connectivity index (χ4v) is 1.36. The lowest BCUT2D eigenvalue weighted by Crippen LogP contribution is -2.00. The number of hydrogen-bond acceptors (Lipinski definition) is 4. The molecule has 0 unspecified atom stereocenters. The normalized spacial score (nSPS) is 10.3. The fourth-order valence-electron chi connectivity index (χ4n) is 1.15. The maximum absolute atomic E-state index is 4.96. The lowest BCUT2D eigenvalue weighted by molar-refractivity contribution is 0.388. The Bertz CT molecular complexity index is 442. The highest BCUT2D eigenvalue weighted by molar-refractivity contribution is 9.10. The van der Waals surface area contributed by atoms with E-state index in [4.69, 9.17) is 4.52 Å². The third-order valence-corrected chi connectivity index (χ3v) is 2.81. The molecule has 15 heavy (non-hydrogen) atoms. The Morgan fingerprint density at radius 1 is 1.53 bits per heavy atom. The largest absolute Gasteiger partial charge is 0.363 e. The minimum Gasteiger partial charge on any atom is -0.363 e. The lowest BCUT2D eigenvalue weighted by atomic mass is 10.3. The van der Waals surface area contributed by atoms with E-state index in [1.165, 1.54) is 0 Å². The van der Waals surface area contributed by atoms with Crippen LogP contribution in [0.15, 0.2) is 33.5 Å². The monoisotopic (exact) mass is 267 g/mol. The molecular weight excluding hydrogens is 258 g/mol. The SMILES string of the molecule is Cc1cc(NCc2ccno2)ncc1Br. The van der Waals surface area contributed by atoms with Crippen LogP contribution in [0.25, 0.3) is 0 Å². The summed E-state index contributed by atoms with van der Waals surface area (Å²) in [7, 11) is 0. The fraction of sp³-hybridized carbons (Fsp3) is 0.200. The zero-order valence-corrected chi connectivity index (χ0v) is 9.78. The smallest absolute Gasteiger partial charge is 0.155 e. The van der Waals surface area contributed by atoms with Crippen molar-refractivity contribution in [3.05, 3.63) is 40.3 Å². The topological polar surface area (TPSA) is 51.0 Å². The number of aromatic nitrogens is 2. The van der Waals surface area contributed by atoms with E-state index in [2.05, 4.69) is 31.4 Å². The standard InChI is InChI=1S/C10H10BrN3O/c1-7-4-10(13-6-9(7)11)12-5-8-2-3-14-15-8/h2-4,6H,5H2,1H3,(H,12,13). The second-order valence-electron chi connectivity index (χ2n) is 3.15. The predicted octanol–water partition coefficient (Wildman–Crippen LogP) is 2.75. The summed E-state index contributed by atoms with van der Waals surface area (Å²) in [5, 5.41) is 6.77. The van der Waals surface area contributed by atoms with E-state index in [1.807, 2.05) is 19.1 Å². The van der Waals surface area contributed by atoms with Gasteiger partial charge < -0.3 is 9.84 Å². The zero-order chi connectivity index (χ0) is 10.7. The molecule has 2 rings (SSSR count). The molecule has 0 aliphatic rings. The quantitative estimate of drug-likeness (QED) is 0.929. The van der Waals surface area contributed by atoms with Crippen molar-refractivity contribution in [2.45, 2.75) is 13.5 Å². The summed E-state index contributed by atoms with van der Waals surface area (Å²) in [5.41, 5.74) is 1.14. The lowest BCUT2D eigenvalue weighted by Gasteiger charge is -2.04. The molecule has 0 aromatic carbocycles. The molecule has 1 N–H and O–H groups in total. The first-order chi connectivity index (χ1) is 7.25. The zero-order valence-electron chi connectivity index (χ0n) is 8.20. The molecule has 0 bridgehead atoms. The van der Waals surface area contributed by atoms with Gasteiger partial charge in [-0.2, -0.15) is 0 Å². The van der Waals surface area contributed by atoms with Crippen LogP contribution in [0.2, 0.25) is 0 Å². The van der Waals surface area contributed by atoms with E-state index in [-0.39, 0.29) is 0 Å². The van der Waals surface area contributed by atoms with E-state index in [1.54, 1.807) is 12.4 Å². The molecule has 5 heteroatoms. The third kappa shape index (κ3) is 2.56. The molecule has 78 valence electrons. The highest BCUT2D eigenvalue weighted by Crippen LogP contribution is 2.17. The van der Waals surface area contributed by atoms with Gasteiger partial charge in [-0.05, 0) is 34.5 Å². The average Bonchev–Trinajstić information content (AvgIpc) is 2.73. The molecule has 0 aliphatic carbocycles. The Hall–Kier alpha value is -1.36. The Morgan fingerprint density at radius 3 is 3.07 bits per heavy atom. The number of hydrogen-bond donors (Lipinski definition) is 1. The highest BCUT2D eigenvalue weighted by Gasteiger charge is 2.00. The Labute approximate surface area is 95.8 Å². The first-order valence-corrected chi connectivity index (χ1v) is 5.30. The van der Waals surface area contributed by atoms with Crippen molar-refractivity contribution in [2.75, 3.05) is 5.32 Å². The number of pyridine rings is 1. The van der Waals surface area contributed by atoms with Crippen LogP contribution in [-0.2, 0) is 6.54 Å². The summed E-state index contributed by atoms with van der Waals surface area (Å²) in [6, 6.07) is 3.79. The van der Waals surface area contributed by atoms with E-state index in [0.29, 0.717) is 6.54 Å². The summed E-state index contributed by atoms with van der Waals surface area (Å²) in [4.78, 5) is 4.22. The van der Waals surface area contributed by atoms with Gasteiger partial charge >= 0.3 is 0 Å². The second-order valence-corrected chi connectivity index (χ2v) is 4.01. The number of nitrogens with one attached hydrogen (secondary N) is 1. The van der Waals surface area contributed by atoms with Crippen LogP contribution in [0.4, 0.5) is 5.82 Å². The number of anilines is 1. The Kier molecular flexibility index (Phi) is 3.01. The summed E-state index contributed by atoms with van der Waals surface area (Å²) in [6.07, 6.45) is 3.40. The molecule has 0 aliphatic heterocycles. The minimum absolute atomic E-state index is 0.591. The molecule has 0 saturated heterocycles. The van der Waals surface area contributed by atoms with Gasteiger partial charge in [0.15, 0.2) is 5.76 Å². The van der Waals surface area contributed by atoms with Gasteiger partial charge in [0, 0.05) is 16.7 Å². The van der Waals surface area contributed by atoms with Crippen LogP contribution in [0.1, 0.15) is 11.3 Å². The summed E-state index contributed by atoms with van der Waals surface area (Å²) in [6.45, 7) is 2.61. The number of halogens is 1. The molecule has 2 aromatic rings. The predicted molar refractivity (Wildman–Crippen MR) is 60.5 cm³/mol. The van der Waals surface area contributed by atoms with Crippen molar-refractivity contribution in [3.63, 3.8) is 0 Å². The van der Waals surface area contributed by atoms with Crippen molar-refractivity contribution < 1.29 is 4.52 Å². The molecule has 0 atom stereocenters. The molecule has 0 radical (unpaired) electrons. The maximum atomic E-state index is 4.96. The second kappa shape index (κ2) is 4.44. The molecular formula is C10H10BrN3O. The molecule has 4 nitrogen and oxygen atoms in total. The first kappa shape index (κ1) is 10.2. The van der Waals surface area contributed by atoms with E-state index < -0.39 is 0 Å². The summed E-state index contributed by atoms with van der Waals surface area (Å²) < 4.78 is 5.97. The minimum atomic E-state index is 0.591. The van der Waals surface area contributed by atoms with Gasteiger partial charge in [-0.3, -0.25) is 0 Å². The number of nitrogens with zero attached hydrogens (tertiary/aromatic N) is 2. The van der Waals surface area contributed by atoms with Gasteiger partial charge in [0.1, 0.15) is 5.82 Å². The van der Waals surface area contributed by atoms with Gasteiger partial charge in [-0.25, -0.2) is 4.98 Å². The van der Waals surface area contributed by atoms with Gasteiger partial charge in [-0.15, -0.1) is 0 Å². The molecule has 2 aromatic heterocycles. The van der Waals surface area contributed by atoms with Crippen LogP contribution in [0.5, 0.6) is 0 Å². The van der Waals surface area contributed by atoms with E-state index in [0.717, 1.165) is 21.6 Å². The van der Waals surface area contributed by atoms with E-state index in [9.17, 15) is 0 Å². The van der Waals surface area contributed by atoms with Crippen molar-refractivity contribution in [1.82, 2.24) is 10.1 Å². The summed E-state index contributed by atoms with van der Waals surface area (Å²) in [5.74, 6) is 1.62. The number of rotatable bonds is 3. The van der Waals surface area contributed by atoms with Gasteiger partial charge in [0.25, 0.3) is 0 Å². The van der Waals surface area contributed by atoms with Crippen LogP contribution >= 0.6 is 15.9 Å². The van der Waals surface area contributed by atoms with Crippen LogP contribution in [0.3, 0.4) is 0 Å². The number of aryl methyl sites for hydroxylation is 1. The molecule has 0 fully saturated rings. The van der Waals surface area contributed by atoms with E-state index >= 15 is 0 Å². The summed E-state index contributed by atoms with van der Waals surface area (Å²) >= 11 is 3.40. The maximum Gasteiger partial charge on any atom is 0.155 e. The van der Waals surface area contributed by atoms with Crippen molar-refractivity contribution in [2.24, 2.45) is 0 Å². The van der Waals surface area contributed by atoms with Gasteiger partial charge in [0.2, 0.25) is 0 Å². The molecule has 0 amide bonds. The Balaban J connectivity index is 2.02. The molecule has 0 spiro atoms. The van der Waals surface area contributed by atoms with Gasteiger partial charge in [0.05, 0.1) is 12.7 Å². The first-order valence-electron chi connectivity index (χ1n) is 4.51. The van der Waals surface area contributed by atoms with Crippen LogP contribution < -0.4 is 5.32 Å². The van der Waals surface area contributed by atoms with Crippen LogP contribution in [0, 0.1) is 6.92 Å². The molecule has 2 heterocycles. The molecule has 0 saturated carbocycles. The van der Waals surface area contributed by atoms with Crippen molar-refractivity contribution in [1.29, 1.82) is 0 Å². The highest BCUT2D eigenvalue weighted by atomic mass is 79.9. The average molecular weight is 268 g/mol. The Morgan fingerprint density at radius 2 is 2.40 bits per heavy atom. The third-order valence-electron chi connectivity index (χ3n) is 1.98.